The molecule has 34 heavy (non-hydrogen) atoms. The molecule has 1 amide bonds. The minimum atomic E-state index is -0.864. The van der Waals surface area contributed by atoms with Crippen LogP contribution in [-0.4, -0.2) is 67.9 Å². The number of thiazole rings is 1. The van der Waals surface area contributed by atoms with Crippen molar-refractivity contribution in [3.05, 3.63) is 48.0 Å². The molecule has 3 aromatic rings. The molecule has 0 N–H and O–H groups in total. The Morgan fingerprint density at radius 2 is 1.94 bits per heavy atom. The number of hydrogen-bond donors (Lipinski definition) is 0. The van der Waals surface area contributed by atoms with E-state index in [0.717, 1.165) is 37.0 Å². The molecular formula is C23H24ClF2N3O4S. The number of aromatic nitrogens is 1. The molecule has 0 spiro atoms. The molecule has 0 radical (unpaired) electrons. The molecular weight excluding hydrogens is 488 g/mol. The third kappa shape index (κ3) is 5.25. The van der Waals surface area contributed by atoms with Crippen molar-refractivity contribution >= 4 is 45.0 Å². The Morgan fingerprint density at radius 1 is 1.18 bits per heavy atom. The van der Waals surface area contributed by atoms with Crippen LogP contribution in [0.3, 0.4) is 0 Å². The Balaban J connectivity index is 0.00000274. The van der Waals surface area contributed by atoms with Crippen LogP contribution in [0, 0.1) is 11.6 Å². The van der Waals surface area contributed by atoms with E-state index in [-0.39, 0.29) is 30.4 Å². The summed E-state index contributed by atoms with van der Waals surface area (Å²) in [6.07, 6.45) is -0.181. The third-order valence-corrected chi connectivity index (χ3v) is 6.67. The van der Waals surface area contributed by atoms with E-state index in [1.807, 2.05) is 6.07 Å². The van der Waals surface area contributed by atoms with Crippen LogP contribution in [0.1, 0.15) is 6.42 Å². The molecule has 1 aromatic heterocycles. The molecule has 3 heterocycles. The molecule has 1 fully saturated rings. The number of amides is 1. The average Bonchev–Trinajstić information content (AvgIpc) is 3.26. The van der Waals surface area contributed by atoms with E-state index < -0.39 is 17.7 Å². The number of carbonyl (C=O) groups is 1. The summed E-state index contributed by atoms with van der Waals surface area (Å²) in [7, 11) is 0. The van der Waals surface area contributed by atoms with Gasteiger partial charge in [0.15, 0.2) is 22.4 Å². The highest BCUT2D eigenvalue weighted by Gasteiger charge is 2.33. The summed E-state index contributed by atoms with van der Waals surface area (Å²) in [5.74, 6) is -0.683. The van der Waals surface area contributed by atoms with Gasteiger partial charge in [-0.3, -0.25) is 14.6 Å². The lowest BCUT2D eigenvalue weighted by Crippen LogP contribution is -2.47. The second-order valence-corrected chi connectivity index (χ2v) is 8.90. The zero-order chi connectivity index (χ0) is 22.8. The quantitative estimate of drug-likeness (QED) is 0.500. The number of nitrogens with zero attached hydrogens (tertiary/aromatic N) is 3. The fourth-order valence-electron chi connectivity index (χ4n) is 3.95. The van der Waals surface area contributed by atoms with Gasteiger partial charge >= 0.3 is 0 Å². The smallest absolute Gasteiger partial charge is 0.273 e. The van der Waals surface area contributed by atoms with Crippen LogP contribution < -0.4 is 14.4 Å². The molecule has 2 aromatic carbocycles. The van der Waals surface area contributed by atoms with Crippen molar-refractivity contribution in [2.45, 2.75) is 12.5 Å². The van der Waals surface area contributed by atoms with Gasteiger partial charge in [-0.15, -0.1) is 12.4 Å². The summed E-state index contributed by atoms with van der Waals surface area (Å²) in [6.45, 7) is 4.28. The van der Waals surface area contributed by atoms with Crippen molar-refractivity contribution in [2.75, 3.05) is 50.9 Å². The number of ether oxygens (including phenoxy) is 3. The minimum absolute atomic E-state index is 0. The van der Waals surface area contributed by atoms with Crippen molar-refractivity contribution in [1.82, 2.24) is 9.88 Å². The van der Waals surface area contributed by atoms with E-state index in [1.54, 1.807) is 18.2 Å². The van der Waals surface area contributed by atoms with Gasteiger partial charge in [0.25, 0.3) is 5.91 Å². The first kappa shape index (κ1) is 24.6. The monoisotopic (exact) mass is 511 g/mol. The van der Waals surface area contributed by atoms with Crippen LogP contribution in [0.5, 0.6) is 11.5 Å². The van der Waals surface area contributed by atoms with Crippen LogP contribution in [0.4, 0.5) is 13.9 Å². The van der Waals surface area contributed by atoms with Crippen molar-refractivity contribution in [3.63, 3.8) is 0 Å². The standard InChI is InChI=1S/C23H23F2N3O4S.ClH/c24-15-12-16(25)21-20(13-15)33-23(26-21)28(7-3-6-27-8-10-30-11-9-27)22(29)19-14-31-17-4-1-2-5-18(17)32-19;/h1-2,4-5,12-13,19H,3,6-11,14H2;1H. The minimum Gasteiger partial charge on any atom is -0.485 e. The highest BCUT2D eigenvalue weighted by Crippen LogP contribution is 2.34. The first-order valence-electron chi connectivity index (χ1n) is 10.8. The summed E-state index contributed by atoms with van der Waals surface area (Å²) in [6, 6.07) is 9.18. The summed E-state index contributed by atoms with van der Waals surface area (Å²) < 4.78 is 45.3. The molecule has 0 aliphatic carbocycles. The van der Waals surface area contributed by atoms with E-state index in [2.05, 4.69) is 9.88 Å². The van der Waals surface area contributed by atoms with Gasteiger partial charge in [0.05, 0.1) is 17.9 Å². The number of fused-ring (bicyclic) bond motifs is 2. The lowest BCUT2D eigenvalue weighted by Gasteiger charge is -2.31. The molecule has 2 aliphatic heterocycles. The molecule has 0 bridgehead atoms. The largest absolute Gasteiger partial charge is 0.485 e. The molecule has 2 aliphatic rings. The number of halogens is 3. The molecule has 1 unspecified atom stereocenters. The number of para-hydroxylation sites is 2. The Hall–Kier alpha value is -2.53. The first-order chi connectivity index (χ1) is 16.1. The van der Waals surface area contributed by atoms with E-state index in [0.29, 0.717) is 47.5 Å². The zero-order valence-corrected chi connectivity index (χ0v) is 19.9. The van der Waals surface area contributed by atoms with Crippen molar-refractivity contribution in [1.29, 1.82) is 0 Å². The summed E-state index contributed by atoms with van der Waals surface area (Å²) in [5.41, 5.74) is 0.0496. The van der Waals surface area contributed by atoms with E-state index in [1.165, 1.54) is 11.0 Å². The van der Waals surface area contributed by atoms with Crippen molar-refractivity contribution < 1.29 is 27.8 Å². The predicted molar refractivity (Wildman–Crippen MR) is 127 cm³/mol. The van der Waals surface area contributed by atoms with Crippen molar-refractivity contribution in [2.24, 2.45) is 0 Å². The van der Waals surface area contributed by atoms with Gasteiger partial charge in [0.2, 0.25) is 6.10 Å². The molecule has 0 saturated carbocycles. The lowest BCUT2D eigenvalue weighted by molar-refractivity contribution is -0.127. The number of carbonyl (C=O) groups excluding carboxylic acids is 1. The zero-order valence-electron chi connectivity index (χ0n) is 18.2. The van der Waals surface area contributed by atoms with E-state index >= 15 is 0 Å². The summed E-state index contributed by atoms with van der Waals surface area (Å²) >= 11 is 1.08. The number of benzene rings is 2. The van der Waals surface area contributed by atoms with Crippen LogP contribution in [-0.2, 0) is 9.53 Å². The topological polar surface area (TPSA) is 64.1 Å². The maximum absolute atomic E-state index is 14.3. The van der Waals surface area contributed by atoms with Gasteiger partial charge in [-0.2, -0.15) is 0 Å². The third-order valence-electron chi connectivity index (χ3n) is 5.64. The molecule has 5 rings (SSSR count). The van der Waals surface area contributed by atoms with Crippen LogP contribution in [0.25, 0.3) is 10.2 Å². The van der Waals surface area contributed by atoms with Gasteiger partial charge in [0.1, 0.15) is 17.9 Å². The second kappa shape index (κ2) is 10.8. The fraction of sp³-hybridized carbons (Fsp3) is 0.391. The van der Waals surface area contributed by atoms with E-state index in [9.17, 15) is 13.6 Å². The van der Waals surface area contributed by atoms with Crippen molar-refractivity contribution in [3.8, 4) is 11.5 Å². The Kier molecular flexibility index (Phi) is 7.82. The lowest BCUT2D eigenvalue weighted by atomic mass is 10.2. The molecule has 182 valence electrons. The molecule has 11 heteroatoms. The molecule has 1 saturated heterocycles. The fourth-order valence-corrected chi connectivity index (χ4v) is 4.99. The normalized spacial score (nSPS) is 17.9. The molecule has 1 atom stereocenters. The Bertz CT molecular complexity index is 1160. The summed E-state index contributed by atoms with van der Waals surface area (Å²) in [4.78, 5) is 21.6. The highest BCUT2D eigenvalue weighted by atomic mass is 35.5. The number of anilines is 1. The SMILES string of the molecule is Cl.O=C(C1COc2ccccc2O1)N(CCCN1CCOCC1)c1nc2c(F)cc(F)cc2s1. The number of hydrogen-bond acceptors (Lipinski definition) is 7. The van der Waals surface area contributed by atoms with Gasteiger partial charge in [0, 0.05) is 32.2 Å². The number of morpholine rings is 1. The highest BCUT2D eigenvalue weighted by molar-refractivity contribution is 7.22. The van der Waals surface area contributed by atoms with Gasteiger partial charge in [-0.1, -0.05) is 23.5 Å². The van der Waals surface area contributed by atoms with Crippen LogP contribution in [0.15, 0.2) is 36.4 Å². The molecule has 7 nitrogen and oxygen atoms in total. The second-order valence-electron chi connectivity index (χ2n) is 7.89. The number of rotatable bonds is 6. The first-order valence-corrected chi connectivity index (χ1v) is 11.7. The maximum atomic E-state index is 14.3. The van der Waals surface area contributed by atoms with Gasteiger partial charge < -0.3 is 14.2 Å². The Labute approximate surface area is 205 Å². The summed E-state index contributed by atoms with van der Waals surface area (Å²) in [5, 5.41) is 0.309. The maximum Gasteiger partial charge on any atom is 0.273 e. The van der Waals surface area contributed by atoms with Gasteiger partial charge in [-0.25, -0.2) is 13.8 Å². The predicted octanol–water partition coefficient (Wildman–Crippen LogP) is 3.89. The average molecular weight is 512 g/mol. The van der Waals surface area contributed by atoms with E-state index in [4.69, 9.17) is 14.2 Å². The van der Waals surface area contributed by atoms with Gasteiger partial charge in [-0.05, 0) is 24.6 Å². The van der Waals surface area contributed by atoms with Crippen LogP contribution >= 0.6 is 23.7 Å². The Morgan fingerprint density at radius 3 is 2.74 bits per heavy atom. The van der Waals surface area contributed by atoms with Crippen LogP contribution in [0.2, 0.25) is 0 Å².